The number of hydrogen-bond donors (Lipinski definition) is 1. The van der Waals surface area contributed by atoms with Gasteiger partial charge in [-0.05, 0) is 56.6 Å². The van der Waals surface area contributed by atoms with Gasteiger partial charge in [-0.1, -0.05) is 39.8 Å². The SMILES string of the molecule is COc1ccc(COC[C@@H](C)[C@H](O)[C@@H](O[Si](C)(C)C(C)(C)C)C(=O)OC(C)(C)C)cc1. The van der Waals surface area contributed by atoms with Crippen molar-refractivity contribution in [2.45, 2.75) is 91.0 Å². The number of aliphatic hydroxyl groups is 1. The third kappa shape index (κ3) is 8.92. The first-order valence-electron chi connectivity index (χ1n) is 10.9. The lowest BCUT2D eigenvalue weighted by molar-refractivity contribution is -0.172. The zero-order valence-electron chi connectivity index (χ0n) is 20.9. The number of methoxy groups -OCH3 is 1. The lowest BCUT2D eigenvalue weighted by Crippen LogP contribution is -2.53. The fourth-order valence-electron chi connectivity index (χ4n) is 2.59. The molecule has 178 valence electrons. The van der Waals surface area contributed by atoms with Gasteiger partial charge >= 0.3 is 5.97 Å². The lowest BCUT2D eigenvalue weighted by Gasteiger charge is -2.41. The van der Waals surface area contributed by atoms with Crippen LogP contribution in [-0.2, 0) is 25.3 Å². The molecule has 0 spiro atoms. The van der Waals surface area contributed by atoms with Crippen LogP contribution in [0.3, 0.4) is 0 Å². The van der Waals surface area contributed by atoms with Crippen molar-refractivity contribution in [3.05, 3.63) is 29.8 Å². The van der Waals surface area contributed by atoms with E-state index in [0.29, 0.717) is 6.61 Å². The van der Waals surface area contributed by atoms with E-state index in [9.17, 15) is 9.90 Å². The minimum atomic E-state index is -2.32. The van der Waals surface area contributed by atoms with E-state index in [2.05, 4.69) is 33.9 Å². The van der Waals surface area contributed by atoms with Gasteiger partial charge in [-0.15, -0.1) is 0 Å². The number of esters is 1. The van der Waals surface area contributed by atoms with Gasteiger partial charge in [-0.2, -0.15) is 0 Å². The molecule has 1 aromatic carbocycles. The molecule has 6 nitrogen and oxygen atoms in total. The third-order valence-electron chi connectivity index (χ3n) is 5.57. The maximum absolute atomic E-state index is 12.9. The van der Waals surface area contributed by atoms with E-state index < -0.39 is 32.1 Å². The van der Waals surface area contributed by atoms with Crippen LogP contribution in [0.1, 0.15) is 54.0 Å². The third-order valence-corrected chi connectivity index (χ3v) is 10.0. The van der Waals surface area contributed by atoms with Crippen LogP contribution in [0.4, 0.5) is 0 Å². The van der Waals surface area contributed by atoms with Crippen LogP contribution >= 0.6 is 0 Å². The predicted octanol–water partition coefficient (Wildman–Crippen LogP) is 4.94. The van der Waals surface area contributed by atoms with Gasteiger partial charge in [0, 0.05) is 5.92 Å². The van der Waals surface area contributed by atoms with Crippen LogP contribution in [0.2, 0.25) is 18.1 Å². The molecule has 0 aliphatic carbocycles. The van der Waals surface area contributed by atoms with Crippen molar-refractivity contribution in [1.29, 1.82) is 0 Å². The van der Waals surface area contributed by atoms with Crippen LogP contribution in [0.15, 0.2) is 24.3 Å². The van der Waals surface area contributed by atoms with E-state index in [4.69, 9.17) is 18.6 Å². The number of rotatable bonds is 10. The number of benzene rings is 1. The van der Waals surface area contributed by atoms with Crippen LogP contribution in [-0.4, -0.2) is 50.9 Å². The molecule has 0 amide bonds. The zero-order chi connectivity index (χ0) is 24.0. The number of ether oxygens (including phenoxy) is 3. The maximum atomic E-state index is 12.9. The molecule has 31 heavy (non-hydrogen) atoms. The van der Waals surface area contributed by atoms with Gasteiger partial charge in [-0.25, -0.2) is 4.79 Å². The predicted molar refractivity (Wildman–Crippen MR) is 126 cm³/mol. The van der Waals surface area contributed by atoms with Gasteiger partial charge < -0.3 is 23.7 Å². The first kappa shape index (κ1) is 27.6. The molecule has 0 saturated heterocycles. The average molecular weight is 455 g/mol. The Morgan fingerprint density at radius 3 is 2.06 bits per heavy atom. The van der Waals surface area contributed by atoms with Crippen LogP contribution in [0, 0.1) is 5.92 Å². The molecule has 1 rings (SSSR count). The van der Waals surface area contributed by atoms with Crippen molar-refractivity contribution in [2.75, 3.05) is 13.7 Å². The second kappa shape index (κ2) is 10.9. The van der Waals surface area contributed by atoms with Crippen LogP contribution < -0.4 is 4.74 Å². The Kier molecular flexibility index (Phi) is 9.75. The maximum Gasteiger partial charge on any atom is 0.337 e. The number of carbonyl (C=O) groups excluding carboxylic acids is 1. The first-order chi connectivity index (χ1) is 14.1. The Hall–Kier alpha value is -1.41. The highest BCUT2D eigenvalue weighted by molar-refractivity contribution is 6.74. The molecule has 0 fully saturated rings. The van der Waals surface area contributed by atoms with E-state index in [1.807, 2.05) is 52.0 Å². The molecule has 1 aromatic rings. The van der Waals surface area contributed by atoms with Gasteiger partial charge in [-0.3, -0.25) is 0 Å². The molecule has 0 aromatic heterocycles. The summed E-state index contributed by atoms with van der Waals surface area (Å²) < 4.78 is 22.9. The Bertz CT molecular complexity index is 688. The van der Waals surface area contributed by atoms with E-state index >= 15 is 0 Å². The summed E-state index contributed by atoms with van der Waals surface area (Å²) in [6.45, 7) is 18.4. The molecule has 0 heterocycles. The number of aliphatic hydroxyl groups excluding tert-OH is 1. The highest BCUT2D eigenvalue weighted by atomic mass is 28.4. The van der Waals surface area contributed by atoms with Crippen molar-refractivity contribution in [2.24, 2.45) is 5.92 Å². The van der Waals surface area contributed by atoms with Gasteiger partial charge in [0.25, 0.3) is 0 Å². The van der Waals surface area contributed by atoms with E-state index in [1.165, 1.54) is 0 Å². The Balaban J connectivity index is 2.85. The first-order valence-corrected chi connectivity index (χ1v) is 13.8. The molecule has 0 bridgehead atoms. The van der Waals surface area contributed by atoms with E-state index in [1.54, 1.807) is 7.11 Å². The van der Waals surface area contributed by atoms with Crippen molar-refractivity contribution in [3.8, 4) is 5.75 Å². The zero-order valence-corrected chi connectivity index (χ0v) is 21.9. The largest absolute Gasteiger partial charge is 0.497 e. The second-order valence-electron chi connectivity index (χ2n) is 10.7. The summed E-state index contributed by atoms with van der Waals surface area (Å²) in [5, 5.41) is 10.9. The summed E-state index contributed by atoms with van der Waals surface area (Å²) in [7, 11) is -0.695. The van der Waals surface area contributed by atoms with Crippen molar-refractivity contribution in [1.82, 2.24) is 0 Å². The summed E-state index contributed by atoms with van der Waals surface area (Å²) in [6, 6.07) is 7.62. The molecule has 7 heteroatoms. The Morgan fingerprint density at radius 1 is 1.06 bits per heavy atom. The van der Waals surface area contributed by atoms with Crippen molar-refractivity contribution in [3.63, 3.8) is 0 Å². The van der Waals surface area contributed by atoms with Crippen molar-refractivity contribution < 1.29 is 28.5 Å². The summed E-state index contributed by atoms with van der Waals surface area (Å²) >= 11 is 0. The summed E-state index contributed by atoms with van der Waals surface area (Å²) in [5.41, 5.74) is 0.337. The number of hydrogen-bond acceptors (Lipinski definition) is 6. The number of carbonyl (C=O) groups is 1. The monoisotopic (exact) mass is 454 g/mol. The molecule has 0 unspecified atom stereocenters. The fraction of sp³-hybridized carbons (Fsp3) is 0.708. The minimum Gasteiger partial charge on any atom is -0.497 e. The molecule has 1 N–H and O–H groups in total. The Morgan fingerprint density at radius 2 is 1.61 bits per heavy atom. The molecule has 0 radical (unpaired) electrons. The van der Waals surface area contributed by atoms with Crippen LogP contribution in [0.5, 0.6) is 5.75 Å². The fourth-order valence-corrected chi connectivity index (χ4v) is 3.82. The highest BCUT2D eigenvalue weighted by Crippen LogP contribution is 2.38. The summed E-state index contributed by atoms with van der Waals surface area (Å²) in [4.78, 5) is 12.9. The molecule has 0 saturated carbocycles. The quantitative estimate of drug-likeness (QED) is 0.399. The second-order valence-corrected chi connectivity index (χ2v) is 15.4. The van der Waals surface area contributed by atoms with Crippen LogP contribution in [0.25, 0.3) is 0 Å². The van der Waals surface area contributed by atoms with Crippen molar-refractivity contribution >= 4 is 14.3 Å². The smallest absolute Gasteiger partial charge is 0.337 e. The summed E-state index contributed by atoms with van der Waals surface area (Å²) in [5.74, 6) is -0.0668. The minimum absolute atomic E-state index is 0.110. The molecule has 0 aliphatic rings. The molecule has 0 aliphatic heterocycles. The molecule has 3 atom stereocenters. The van der Waals surface area contributed by atoms with Gasteiger partial charge in [0.1, 0.15) is 11.4 Å². The van der Waals surface area contributed by atoms with Gasteiger partial charge in [0.2, 0.25) is 0 Å². The highest BCUT2D eigenvalue weighted by Gasteiger charge is 2.45. The van der Waals surface area contributed by atoms with Gasteiger partial charge in [0.15, 0.2) is 14.4 Å². The standard InChI is InChI=1S/C24H42O6Si/c1-17(15-28-16-18-11-13-19(27-8)14-12-18)20(25)21(22(26)29-23(2,3)4)30-31(9,10)24(5,6)7/h11-14,17,20-21,25H,15-16H2,1-10H3/t17-,20+,21-/m1/s1. The lowest BCUT2D eigenvalue weighted by atomic mass is 10.0. The normalized spacial score (nSPS) is 15.8. The molecular weight excluding hydrogens is 412 g/mol. The molecular formula is C24H42O6Si. The van der Waals surface area contributed by atoms with Gasteiger partial charge in [0.05, 0.1) is 26.4 Å². The van der Waals surface area contributed by atoms with E-state index in [-0.39, 0.29) is 17.6 Å². The summed E-state index contributed by atoms with van der Waals surface area (Å²) in [6.07, 6.45) is -2.10. The topological polar surface area (TPSA) is 74.2 Å². The Labute approximate surface area is 189 Å². The average Bonchev–Trinajstić information content (AvgIpc) is 2.63. The van der Waals surface area contributed by atoms with E-state index in [0.717, 1.165) is 11.3 Å².